The van der Waals surface area contributed by atoms with Crippen LogP contribution in [0.15, 0.2) is 18.2 Å². The van der Waals surface area contributed by atoms with Crippen LogP contribution < -0.4 is 5.73 Å². The van der Waals surface area contributed by atoms with Gasteiger partial charge < -0.3 is 5.73 Å². The van der Waals surface area contributed by atoms with Crippen molar-refractivity contribution in [1.82, 2.24) is 4.90 Å². The molecule has 2 N–H and O–H groups in total. The zero-order valence-electron chi connectivity index (χ0n) is 11.2. The average molecular weight is 250 g/mol. The maximum Gasteiger partial charge on any atom is 0.0742 e. The summed E-state index contributed by atoms with van der Waals surface area (Å²) in [6.45, 7) is 7.36. The van der Waals surface area contributed by atoms with Crippen LogP contribution in [0.2, 0.25) is 0 Å². The molecule has 0 fully saturated rings. The predicted octanol–water partition coefficient (Wildman–Crippen LogP) is 2.80. The maximum absolute atomic E-state index is 5.58. The summed E-state index contributed by atoms with van der Waals surface area (Å²) in [7, 11) is 2.11. The van der Waals surface area contributed by atoms with Crippen LogP contribution in [0.3, 0.4) is 0 Å². The Hall–Kier alpha value is -0.930. The third kappa shape index (κ3) is 4.84. The predicted molar refractivity (Wildman–Crippen MR) is 78.2 cm³/mol. The monoisotopic (exact) mass is 250 g/mol. The van der Waals surface area contributed by atoms with Crippen molar-refractivity contribution in [1.29, 1.82) is 0 Å². The summed E-state index contributed by atoms with van der Waals surface area (Å²) < 4.78 is 0. The molecule has 0 saturated heterocycles. The van der Waals surface area contributed by atoms with E-state index in [-0.39, 0.29) is 0 Å². The Bertz CT molecular complexity index is 381. The molecule has 0 saturated carbocycles. The summed E-state index contributed by atoms with van der Waals surface area (Å²) in [4.78, 5) is 2.87. The Morgan fingerprint density at radius 2 is 1.82 bits per heavy atom. The zero-order chi connectivity index (χ0) is 13.0. The highest BCUT2D eigenvalue weighted by Crippen LogP contribution is 2.13. The summed E-state index contributed by atoms with van der Waals surface area (Å²) >= 11 is 4.95. The van der Waals surface area contributed by atoms with E-state index < -0.39 is 0 Å². The van der Waals surface area contributed by atoms with Crippen LogP contribution in [-0.4, -0.2) is 23.0 Å². The Labute approximate surface area is 110 Å². The van der Waals surface area contributed by atoms with Crippen LogP contribution in [-0.2, 0) is 6.54 Å². The smallest absolute Gasteiger partial charge is 0.0742 e. The normalized spacial score (nSPS) is 12.8. The second-order valence-electron chi connectivity index (χ2n) is 4.93. The molecule has 0 spiro atoms. The van der Waals surface area contributed by atoms with Crippen molar-refractivity contribution in [2.24, 2.45) is 5.73 Å². The molecule has 3 heteroatoms. The standard InChI is InChI=1S/C14H22N2S/c1-10-5-11(2)7-13(6-10)9-16(4)12(3)8-14(15)17/h5-7,12H,8-9H2,1-4H3,(H2,15,17). The van der Waals surface area contributed by atoms with E-state index in [2.05, 4.69) is 50.9 Å². The van der Waals surface area contributed by atoms with Gasteiger partial charge in [0.1, 0.15) is 0 Å². The van der Waals surface area contributed by atoms with Gasteiger partial charge in [0.2, 0.25) is 0 Å². The van der Waals surface area contributed by atoms with Gasteiger partial charge in [-0.3, -0.25) is 4.90 Å². The van der Waals surface area contributed by atoms with Gasteiger partial charge >= 0.3 is 0 Å². The van der Waals surface area contributed by atoms with Gasteiger partial charge in [0.25, 0.3) is 0 Å². The van der Waals surface area contributed by atoms with Gasteiger partial charge in [-0.05, 0) is 33.4 Å². The first kappa shape index (κ1) is 14.1. The van der Waals surface area contributed by atoms with Gasteiger partial charge in [0, 0.05) is 19.0 Å². The van der Waals surface area contributed by atoms with Gasteiger partial charge in [0.15, 0.2) is 0 Å². The highest BCUT2D eigenvalue weighted by molar-refractivity contribution is 7.80. The van der Waals surface area contributed by atoms with E-state index in [1.165, 1.54) is 16.7 Å². The van der Waals surface area contributed by atoms with Crippen LogP contribution in [0.25, 0.3) is 0 Å². The highest BCUT2D eigenvalue weighted by Gasteiger charge is 2.10. The largest absolute Gasteiger partial charge is 0.393 e. The summed E-state index contributed by atoms with van der Waals surface area (Å²) in [5, 5.41) is 0. The van der Waals surface area contributed by atoms with E-state index in [1.54, 1.807) is 0 Å². The molecule has 1 atom stereocenters. The molecule has 0 aliphatic rings. The summed E-state index contributed by atoms with van der Waals surface area (Å²) in [6, 6.07) is 7.05. The van der Waals surface area contributed by atoms with E-state index >= 15 is 0 Å². The van der Waals surface area contributed by atoms with Crippen LogP contribution in [0, 0.1) is 13.8 Å². The van der Waals surface area contributed by atoms with Crippen molar-refractivity contribution < 1.29 is 0 Å². The first-order valence-corrected chi connectivity index (χ1v) is 6.35. The van der Waals surface area contributed by atoms with Crippen molar-refractivity contribution in [3.05, 3.63) is 34.9 Å². The summed E-state index contributed by atoms with van der Waals surface area (Å²) in [5.41, 5.74) is 9.55. The molecule has 1 aromatic rings. The van der Waals surface area contributed by atoms with Gasteiger partial charge in [-0.1, -0.05) is 41.5 Å². The minimum atomic E-state index is 0.383. The van der Waals surface area contributed by atoms with Crippen LogP contribution in [0.4, 0.5) is 0 Å². The fraction of sp³-hybridized carbons (Fsp3) is 0.500. The molecule has 0 aliphatic heterocycles. The van der Waals surface area contributed by atoms with Crippen molar-refractivity contribution in [2.45, 2.75) is 39.8 Å². The Morgan fingerprint density at radius 3 is 2.29 bits per heavy atom. The van der Waals surface area contributed by atoms with Crippen LogP contribution >= 0.6 is 12.2 Å². The third-order valence-electron chi connectivity index (χ3n) is 2.96. The number of thiocarbonyl (C=S) groups is 1. The minimum absolute atomic E-state index is 0.383. The Morgan fingerprint density at radius 1 is 1.29 bits per heavy atom. The maximum atomic E-state index is 5.58. The third-order valence-corrected chi connectivity index (χ3v) is 3.13. The topological polar surface area (TPSA) is 29.3 Å². The quantitative estimate of drug-likeness (QED) is 0.815. The van der Waals surface area contributed by atoms with E-state index in [1.807, 2.05) is 0 Å². The first-order chi connectivity index (χ1) is 7.88. The SMILES string of the molecule is Cc1cc(C)cc(CN(C)C(C)CC(N)=S)c1. The first-order valence-electron chi connectivity index (χ1n) is 5.94. The molecule has 1 rings (SSSR count). The van der Waals surface area contributed by atoms with Crippen molar-refractivity contribution in [3.8, 4) is 0 Å². The van der Waals surface area contributed by atoms with E-state index in [0.717, 1.165) is 13.0 Å². The molecule has 0 bridgehead atoms. The molecule has 94 valence electrons. The number of nitrogens with zero attached hydrogens (tertiary/aromatic N) is 1. The van der Waals surface area contributed by atoms with Crippen LogP contribution in [0.5, 0.6) is 0 Å². The lowest BCUT2D eigenvalue weighted by Crippen LogP contribution is -2.32. The van der Waals surface area contributed by atoms with E-state index in [4.69, 9.17) is 18.0 Å². The Balaban J connectivity index is 2.66. The van der Waals surface area contributed by atoms with E-state index in [9.17, 15) is 0 Å². The molecule has 0 amide bonds. The zero-order valence-corrected chi connectivity index (χ0v) is 12.0. The molecule has 0 aliphatic carbocycles. The van der Waals surface area contributed by atoms with Gasteiger partial charge in [-0.15, -0.1) is 0 Å². The molecule has 0 aromatic heterocycles. The second kappa shape index (κ2) is 6.12. The van der Waals surface area contributed by atoms with Gasteiger partial charge in [-0.25, -0.2) is 0 Å². The fourth-order valence-corrected chi connectivity index (χ4v) is 2.29. The number of hydrogen-bond acceptors (Lipinski definition) is 2. The lowest BCUT2D eigenvalue weighted by molar-refractivity contribution is 0.255. The molecule has 1 aromatic carbocycles. The highest BCUT2D eigenvalue weighted by atomic mass is 32.1. The average Bonchev–Trinajstić information content (AvgIpc) is 2.14. The van der Waals surface area contributed by atoms with Gasteiger partial charge in [-0.2, -0.15) is 0 Å². The number of nitrogens with two attached hydrogens (primary N) is 1. The van der Waals surface area contributed by atoms with Crippen LogP contribution in [0.1, 0.15) is 30.0 Å². The molecule has 1 unspecified atom stereocenters. The fourth-order valence-electron chi connectivity index (χ4n) is 2.05. The summed E-state index contributed by atoms with van der Waals surface area (Å²) in [5.74, 6) is 0. The number of rotatable bonds is 5. The van der Waals surface area contributed by atoms with E-state index in [0.29, 0.717) is 11.0 Å². The molecule has 2 nitrogen and oxygen atoms in total. The number of aryl methyl sites for hydroxylation is 2. The molecule has 0 heterocycles. The lowest BCUT2D eigenvalue weighted by atomic mass is 10.1. The molecule has 0 radical (unpaired) electrons. The summed E-state index contributed by atoms with van der Waals surface area (Å²) in [6.07, 6.45) is 0.774. The second-order valence-corrected chi connectivity index (χ2v) is 5.45. The number of hydrogen-bond donors (Lipinski definition) is 1. The Kier molecular flexibility index (Phi) is 5.09. The molecular formula is C14H22N2S. The van der Waals surface area contributed by atoms with Crippen molar-refractivity contribution in [2.75, 3.05) is 7.05 Å². The van der Waals surface area contributed by atoms with Crippen molar-refractivity contribution in [3.63, 3.8) is 0 Å². The molecular weight excluding hydrogens is 228 g/mol. The van der Waals surface area contributed by atoms with Crippen molar-refractivity contribution >= 4 is 17.2 Å². The van der Waals surface area contributed by atoms with Gasteiger partial charge in [0.05, 0.1) is 4.99 Å². The molecule has 17 heavy (non-hydrogen) atoms. The lowest BCUT2D eigenvalue weighted by Gasteiger charge is -2.24. The minimum Gasteiger partial charge on any atom is -0.393 e. The number of benzene rings is 1.